The van der Waals surface area contributed by atoms with E-state index in [1.165, 1.54) is 11.3 Å². The predicted octanol–water partition coefficient (Wildman–Crippen LogP) is 2.88. The van der Waals surface area contributed by atoms with Crippen molar-refractivity contribution in [1.29, 1.82) is 0 Å². The molecular formula is C16H15NO3S. The zero-order valence-corrected chi connectivity index (χ0v) is 12.4. The number of rotatable bonds is 3. The number of anilines is 1. The van der Waals surface area contributed by atoms with Crippen LogP contribution in [0, 0.1) is 0 Å². The van der Waals surface area contributed by atoms with Gasteiger partial charge in [-0.05, 0) is 36.4 Å². The number of hydrogen-bond donors (Lipinski definition) is 0. The Labute approximate surface area is 127 Å². The minimum atomic E-state index is -0.446. The summed E-state index contributed by atoms with van der Waals surface area (Å²) in [5.41, 5.74) is 2.07. The third-order valence-electron chi connectivity index (χ3n) is 3.53. The molecule has 1 aromatic heterocycles. The van der Waals surface area contributed by atoms with Gasteiger partial charge < -0.3 is 9.64 Å². The van der Waals surface area contributed by atoms with Crippen LogP contribution in [0.3, 0.4) is 0 Å². The van der Waals surface area contributed by atoms with Gasteiger partial charge in [0.2, 0.25) is 0 Å². The summed E-state index contributed by atoms with van der Waals surface area (Å²) in [5, 5.41) is 1.80. The van der Waals surface area contributed by atoms with Crippen molar-refractivity contribution in [3.8, 4) is 0 Å². The first-order chi connectivity index (χ1) is 10.2. The Bertz CT molecular complexity index is 666. The first kappa shape index (κ1) is 13.8. The number of amides is 1. The number of benzene rings is 1. The molecule has 1 amide bonds. The van der Waals surface area contributed by atoms with E-state index in [-0.39, 0.29) is 18.6 Å². The Morgan fingerprint density at radius 1 is 1.29 bits per heavy atom. The van der Waals surface area contributed by atoms with Crippen LogP contribution in [0.15, 0.2) is 41.8 Å². The van der Waals surface area contributed by atoms with E-state index in [1.54, 1.807) is 22.4 Å². The van der Waals surface area contributed by atoms with Crippen LogP contribution in [0.1, 0.15) is 22.2 Å². The minimum absolute atomic E-state index is 0.0929. The van der Waals surface area contributed by atoms with Crippen molar-refractivity contribution in [2.45, 2.75) is 19.4 Å². The molecule has 3 rings (SSSR count). The topological polar surface area (TPSA) is 46.6 Å². The normalized spacial score (nSPS) is 16.6. The second kappa shape index (κ2) is 5.69. The molecule has 108 valence electrons. The third kappa shape index (κ3) is 2.69. The van der Waals surface area contributed by atoms with Gasteiger partial charge in [-0.1, -0.05) is 24.3 Å². The summed E-state index contributed by atoms with van der Waals surface area (Å²) in [7, 11) is 0. The van der Waals surface area contributed by atoms with Gasteiger partial charge in [0.25, 0.3) is 5.91 Å². The average molecular weight is 301 g/mol. The summed E-state index contributed by atoms with van der Waals surface area (Å²) in [6, 6.07) is 11.4. The van der Waals surface area contributed by atoms with E-state index in [0.717, 1.165) is 17.7 Å². The van der Waals surface area contributed by atoms with Crippen LogP contribution in [0.2, 0.25) is 0 Å². The van der Waals surface area contributed by atoms with E-state index in [1.807, 2.05) is 31.2 Å². The smallest absolute Gasteiger partial charge is 0.348 e. The monoisotopic (exact) mass is 301 g/mol. The molecule has 1 aromatic carbocycles. The quantitative estimate of drug-likeness (QED) is 0.819. The summed E-state index contributed by atoms with van der Waals surface area (Å²) < 4.78 is 5.10. The van der Waals surface area contributed by atoms with Crippen molar-refractivity contribution in [1.82, 2.24) is 0 Å². The van der Waals surface area contributed by atoms with E-state index in [9.17, 15) is 9.59 Å². The van der Waals surface area contributed by atoms with E-state index >= 15 is 0 Å². The van der Waals surface area contributed by atoms with Gasteiger partial charge in [0.1, 0.15) is 4.88 Å². The highest BCUT2D eigenvalue weighted by Crippen LogP contribution is 2.31. The molecule has 1 aliphatic rings. The molecule has 5 heteroatoms. The van der Waals surface area contributed by atoms with Crippen molar-refractivity contribution in [3.63, 3.8) is 0 Å². The summed E-state index contributed by atoms with van der Waals surface area (Å²) in [6.07, 6.45) is 0.834. The molecule has 2 heterocycles. The fourth-order valence-corrected chi connectivity index (χ4v) is 3.22. The number of esters is 1. The number of carbonyl (C=O) groups excluding carboxylic acids is 2. The lowest BCUT2D eigenvalue weighted by molar-refractivity contribution is -0.122. The molecule has 4 nitrogen and oxygen atoms in total. The zero-order valence-electron chi connectivity index (χ0n) is 11.6. The van der Waals surface area contributed by atoms with Crippen LogP contribution >= 0.6 is 11.3 Å². The molecule has 1 unspecified atom stereocenters. The van der Waals surface area contributed by atoms with Crippen LogP contribution < -0.4 is 4.90 Å². The van der Waals surface area contributed by atoms with Gasteiger partial charge in [0, 0.05) is 11.7 Å². The van der Waals surface area contributed by atoms with Crippen molar-refractivity contribution in [3.05, 3.63) is 52.2 Å². The summed E-state index contributed by atoms with van der Waals surface area (Å²) in [6.45, 7) is 1.77. The fourth-order valence-electron chi connectivity index (χ4n) is 2.61. The van der Waals surface area contributed by atoms with E-state index < -0.39 is 5.97 Å². The highest BCUT2D eigenvalue weighted by molar-refractivity contribution is 7.11. The van der Waals surface area contributed by atoms with Gasteiger partial charge in [0.05, 0.1) is 0 Å². The van der Waals surface area contributed by atoms with E-state index in [2.05, 4.69) is 0 Å². The first-order valence-corrected chi connectivity index (χ1v) is 7.65. The van der Waals surface area contributed by atoms with Crippen LogP contribution in [0.4, 0.5) is 5.69 Å². The molecule has 0 saturated heterocycles. The number of carbonyl (C=O) groups is 2. The van der Waals surface area contributed by atoms with E-state index in [4.69, 9.17) is 4.74 Å². The van der Waals surface area contributed by atoms with Crippen molar-refractivity contribution < 1.29 is 14.3 Å². The molecule has 1 aliphatic heterocycles. The maximum atomic E-state index is 12.3. The maximum absolute atomic E-state index is 12.3. The number of nitrogens with zero attached hydrogens (tertiary/aromatic N) is 1. The molecule has 1 atom stereocenters. The molecule has 0 N–H and O–H groups in total. The molecular weight excluding hydrogens is 286 g/mol. The molecule has 0 saturated carbocycles. The fraction of sp³-hybridized carbons (Fsp3) is 0.250. The molecule has 0 bridgehead atoms. The first-order valence-electron chi connectivity index (χ1n) is 6.77. The standard InChI is InChI=1S/C16H15NO3S/c1-11-9-12-5-2-3-6-13(12)17(11)15(18)10-20-16(19)14-7-4-8-21-14/h2-8,11H,9-10H2,1H3. The number of hydrogen-bond acceptors (Lipinski definition) is 4. The number of ether oxygens (including phenoxy) is 1. The van der Waals surface area contributed by atoms with Crippen LogP contribution in [-0.4, -0.2) is 24.5 Å². The summed E-state index contributed by atoms with van der Waals surface area (Å²) >= 11 is 1.30. The molecule has 0 aliphatic carbocycles. The van der Waals surface area contributed by atoms with Crippen LogP contribution in [0.5, 0.6) is 0 Å². The highest BCUT2D eigenvalue weighted by Gasteiger charge is 2.31. The summed E-state index contributed by atoms with van der Waals surface area (Å²) in [5.74, 6) is -0.629. The van der Waals surface area contributed by atoms with Gasteiger partial charge in [-0.2, -0.15) is 0 Å². The number of thiophene rings is 1. The third-order valence-corrected chi connectivity index (χ3v) is 4.37. The van der Waals surface area contributed by atoms with Gasteiger partial charge in [0.15, 0.2) is 6.61 Å². The Morgan fingerprint density at radius 3 is 2.86 bits per heavy atom. The Morgan fingerprint density at radius 2 is 2.10 bits per heavy atom. The average Bonchev–Trinajstić information content (AvgIpc) is 3.10. The molecule has 0 fully saturated rings. The highest BCUT2D eigenvalue weighted by atomic mass is 32.1. The van der Waals surface area contributed by atoms with Gasteiger partial charge in [-0.15, -0.1) is 11.3 Å². The minimum Gasteiger partial charge on any atom is -0.451 e. The second-order valence-electron chi connectivity index (χ2n) is 5.00. The van der Waals surface area contributed by atoms with Crippen molar-refractivity contribution >= 4 is 28.9 Å². The lowest BCUT2D eigenvalue weighted by atomic mass is 10.1. The van der Waals surface area contributed by atoms with Crippen molar-refractivity contribution in [2.75, 3.05) is 11.5 Å². The van der Waals surface area contributed by atoms with Crippen LogP contribution in [0.25, 0.3) is 0 Å². The Balaban J connectivity index is 1.67. The van der Waals surface area contributed by atoms with E-state index in [0.29, 0.717) is 4.88 Å². The predicted molar refractivity (Wildman–Crippen MR) is 81.7 cm³/mol. The van der Waals surface area contributed by atoms with Gasteiger partial charge >= 0.3 is 5.97 Å². The number of para-hydroxylation sites is 1. The number of fused-ring (bicyclic) bond motifs is 1. The Hall–Kier alpha value is -2.14. The maximum Gasteiger partial charge on any atom is 0.348 e. The van der Waals surface area contributed by atoms with Crippen molar-refractivity contribution in [2.24, 2.45) is 0 Å². The molecule has 21 heavy (non-hydrogen) atoms. The molecule has 2 aromatic rings. The second-order valence-corrected chi connectivity index (χ2v) is 5.95. The summed E-state index contributed by atoms with van der Waals surface area (Å²) in [4.78, 5) is 26.3. The lowest BCUT2D eigenvalue weighted by Crippen LogP contribution is -2.38. The Kier molecular flexibility index (Phi) is 3.75. The molecule has 0 radical (unpaired) electrons. The largest absolute Gasteiger partial charge is 0.451 e. The zero-order chi connectivity index (χ0) is 14.8. The molecule has 0 spiro atoms. The van der Waals surface area contributed by atoms with Gasteiger partial charge in [-0.3, -0.25) is 4.79 Å². The SMILES string of the molecule is CC1Cc2ccccc2N1C(=O)COC(=O)c1cccs1. The lowest BCUT2D eigenvalue weighted by Gasteiger charge is -2.22. The van der Waals surface area contributed by atoms with Gasteiger partial charge in [-0.25, -0.2) is 4.79 Å². The van der Waals surface area contributed by atoms with Crippen LogP contribution in [-0.2, 0) is 16.0 Å².